The molecule has 0 aliphatic carbocycles. The number of carbonyl (C=O) groups excluding carboxylic acids is 2. The Kier molecular flexibility index (Phi) is 5.64. The Morgan fingerprint density at radius 2 is 1.91 bits per heavy atom. The van der Waals surface area contributed by atoms with Gasteiger partial charge in [-0.1, -0.05) is 38.1 Å². The molecule has 3 N–H and O–H groups in total. The number of benzene rings is 1. The molecule has 1 aliphatic rings. The molecular weight excluding hydrogens is 290 g/mol. The lowest BCUT2D eigenvalue weighted by Crippen LogP contribution is -2.47. The topological polar surface area (TPSA) is 75.4 Å². The van der Waals surface area contributed by atoms with Crippen molar-refractivity contribution in [2.24, 2.45) is 11.7 Å². The SMILES string of the molecule is CC(C)c1ccc(C[C@H]2CCN(C(=O)[C@H](C)NC(N)=O)C2)cc1. The summed E-state index contributed by atoms with van der Waals surface area (Å²) >= 11 is 0. The number of amides is 3. The minimum absolute atomic E-state index is 0.0542. The number of urea groups is 1. The molecular formula is C18H27N3O2. The van der Waals surface area contributed by atoms with E-state index in [0.717, 1.165) is 25.9 Å². The summed E-state index contributed by atoms with van der Waals surface area (Å²) in [7, 11) is 0. The van der Waals surface area contributed by atoms with Gasteiger partial charge in [0.15, 0.2) is 0 Å². The zero-order valence-corrected chi connectivity index (χ0v) is 14.2. The molecule has 1 aromatic rings. The molecule has 1 aliphatic heterocycles. The van der Waals surface area contributed by atoms with Gasteiger partial charge in [-0.2, -0.15) is 0 Å². The third kappa shape index (κ3) is 4.71. The van der Waals surface area contributed by atoms with Crippen molar-refractivity contribution in [1.82, 2.24) is 10.2 Å². The van der Waals surface area contributed by atoms with E-state index in [-0.39, 0.29) is 5.91 Å². The van der Waals surface area contributed by atoms with E-state index in [1.165, 1.54) is 11.1 Å². The highest BCUT2D eigenvalue weighted by Gasteiger charge is 2.29. The largest absolute Gasteiger partial charge is 0.352 e. The summed E-state index contributed by atoms with van der Waals surface area (Å²) in [4.78, 5) is 24.9. The molecule has 1 heterocycles. The smallest absolute Gasteiger partial charge is 0.312 e. The van der Waals surface area contributed by atoms with Crippen LogP contribution in [-0.4, -0.2) is 36.0 Å². The van der Waals surface area contributed by atoms with Crippen molar-refractivity contribution in [3.8, 4) is 0 Å². The molecule has 2 rings (SSSR count). The molecule has 126 valence electrons. The summed E-state index contributed by atoms with van der Waals surface area (Å²) in [6, 6.07) is 7.55. The molecule has 0 spiro atoms. The molecule has 5 heteroatoms. The quantitative estimate of drug-likeness (QED) is 0.874. The Labute approximate surface area is 138 Å². The van der Waals surface area contributed by atoms with Crippen molar-refractivity contribution in [3.63, 3.8) is 0 Å². The third-order valence-electron chi connectivity index (χ3n) is 4.50. The van der Waals surface area contributed by atoms with E-state index in [0.29, 0.717) is 11.8 Å². The van der Waals surface area contributed by atoms with Gasteiger partial charge in [-0.3, -0.25) is 4.79 Å². The van der Waals surface area contributed by atoms with Crippen LogP contribution in [0.3, 0.4) is 0 Å². The molecule has 23 heavy (non-hydrogen) atoms. The highest BCUT2D eigenvalue weighted by Crippen LogP contribution is 2.23. The molecule has 1 saturated heterocycles. The molecule has 2 atom stereocenters. The number of nitrogens with one attached hydrogen (secondary N) is 1. The maximum absolute atomic E-state index is 12.3. The van der Waals surface area contributed by atoms with Crippen molar-refractivity contribution >= 4 is 11.9 Å². The fourth-order valence-electron chi connectivity index (χ4n) is 3.12. The Morgan fingerprint density at radius 1 is 1.26 bits per heavy atom. The highest BCUT2D eigenvalue weighted by molar-refractivity contribution is 5.86. The van der Waals surface area contributed by atoms with Gasteiger partial charge in [-0.05, 0) is 42.7 Å². The summed E-state index contributed by atoms with van der Waals surface area (Å²) < 4.78 is 0. The van der Waals surface area contributed by atoms with Gasteiger partial charge in [0.05, 0.1) is 0 Å². The summed E-state index contributed by atoms with van der Waals surface area (Å²) in [5.74, 6) is 0.967. The summed E-state index contributed by atoms with van der Waals surface area (Å²) in [5.41, 5.74) is 7.74. The maximum Gasteiger partial charge on any atom is 0.312 e. The number of nitrogens with zero attached hydrogens (tertiary/aromatic N) is 1. The van der Waals surface area contributed by atoms with Gasteiger partial charge in [-0.15, -0.1) is 0 Å². The van der Waals surface area contributed by atoms with Gasteiger partial charge in [0, 0.05) is 13.1 Å². The van der Waals surface area contributed by atoms with E-state index in [1.807, 2.05) is 4.90 Å². The molecule has 0 radical (unpaired) electrons. The van der Waals surface area contributed by atoms with Gasteiger partial charge >= 0.3 is 6.03 Å². The number of likely N-dealkylation sites (tertiary alicyclic amines) is 1. The van der Waals surface area contributed by atoms with Crippen LogP contribution in [0.2, 0.25) is 0 Å². The fourth-order valence-corrected chi connectivity index (χ4v) is 3.12. The van der Waals surface area contributed by atoms with E-state index in [4.69, 9.17) is 5.73 Å². The molecule has 0 saturated carbocycles. The zero-order valence-electron chi connectivity index (χ0n) is 14.2. The van der Waals surface area contributed by atoms with Crippen LogP contribution in [0.15, 0.2) is 24.3 Å². The van der Waals surface area contributed by atoms with E-state index in [9.17, 15) is 9.59 Å². The lowest BCUT2D eigenvalue weighted by molar-refractivity contribution is -0.131. The van der Waals surface area contributed by atoms with Gasteiger partial charge in [0.25, 0.3) is 0 Å². The second-order valence-electron chi connectivity index (χ2n) is 6.77. The van der Waals surface area contributed by atoms with Gasteiger partial charge < -0.3 is 16.0 Å². The monoisotopic (exact) mass is 317 g/mol. The molecule has 0 aromatic heterocycles. The first-order valence-electron chi connectivity index (χ1n) is 8.30. The van der Waals surface area contributed by atoms with Crippen LogP contribution in [0.1, 0.15) is 44.2 Å². The fraction of sp³-hybridized carbons (Fsp3) is 0.556. The Balaban J connectivity index is 1.87. The second kappa shape index (κ2) is 7.49. The number of hydrogen-bond donors (Lipinski definition) is 2. The highest BCUT2D eigenvalue weighted by atomic mass is 16.2. The van der Waals surface area contributed by atoms with E-state index >= 15 is 0 Å². The predicted molar refractivity (Wildman–Crippen MR) is 91.1 cm³/mol. The first-order valence-corrected chi connectivity index (χ1v) is 8.30. The van der Waals surface area contributed by atoms with Gasteiger partial charge in [0.1, 0.15) is 6.04 Å². The average Bonchev–Trinajstić information content (AvgIpc) is 2.94. The molecule has 1 fully saturated rings. The molecule has 5 nitrogen and oxygen atoms in total. The van der Waals surface area contributed by atoms with Crippen LogP contribution < -0.4 is 11.1 Å². The summed E-state index contributed by atoms with van der Waals surface area (Å²) in [6.45, 7) is 7.55. The molecule has 1 aromatic carbocycles. The van der Waals surface area contributed by atoms with Crippen LogP contribution in [0.4, 0.5) is 4.79 Å². The number of nitrogens with two attached hydrogens (primary N) is 1. The Morgan fingerprint density at radius 3 is 2.48 bits per heavy atom. The minimum atomic E-state index is -0.660. The van der Waals surface area contributed by atoms with E-state index < -0.39 is 12.1 Å². The molecule has 0 bridgehead atoms. The lowest BCUT2D eigenvalue weighted by Gasteiger charge is -2.21. The van der Waals surface area contributed by atoms with Crippen molar-refractivity contribution in [1.29, 1.82) is 0 Å². The lowest BCUT2D eigenvalue weighted by atomic mass is 9.96. The van der Waals surface area contributed by atoms with Gasteiger partial charge in [0.2, 0.25) is 5.91 Å². The van der Waals surface area contributed by atoms with Crippen LogP contribution in [0, 0.1) is 5.92 Å². The normalized spacial score (nSPS) is 19.0. The second-order valence-corrected chi connectivity index (χ2v) is 6.77. The number of rotatable bonds is 5. The number of hydrogen-bond acceptors (Lipinski definition) is 2. The first kappa shape index (κ1) is 17.3. The standard InChI is InChI=1S/C18H27N3O2/c1-12(2)16-6-4-14(5-7-16)10-15-8-9-21(11-15)17(22)13(3)20-18(19)23/h4-7,12-13,15H,8-11H2,1-3H3,(H3,19,20,23)/t13-,15+/m0/s1. The van der Waals surface area contributed by atoms with Crippen molar-refractivity contribution < 1.29 is 9.59 Å². The summed E-state index contributed by atoms with van der Waals surface area (Å²) in [6.07, 6.45) is 1.99. The van der Waals surface area contributed by atoms with Crippen LogP contribution in [-0.2, 0) is 11.2 Å². The van der Waals surface area contributed by atoms with Crippen molar-refractivity contribution in [2.75, 3.05) is 13.1 Å². The summed E-state index contributed by atoms with van der Waals surface area (Å²) in [5, 5.41) is 2.45. The molecule has 0 unspecified atom stereocenters. The molecule has 3 amide bonds. The first-order chi connectivity index (χ1) is 10.9. The van der Waals surface area contributed by atoms with E-state index in [2.05, 4.69) is 43.4 Å². The Hall–Kier alpha value is -2.04. The van der Waals surface area contributed by atoms with Crippen molar-refractivity contribution in [2.45, 2.75) is 45.6 Å². The third-order valence-corrected chi connectivity index (χ3v) is 4.50. The number of primary amides is 1. The Bertz CT molecular complexity index is 554. The van der Waals surface area contributed by atoms with Crippen LogP contribution in [0.25, 0.3) is 0 Å². The zero-order chi connectivity index (χ0) is 17.0. The maximum atomic E-state index is 12.3. The number of carbonyl (C=O) groups is 2. The van der Waals surface area contributed by atoms with Gasteiger partial charge in [-0.25, -0.2) is 4.79 Å². The minimum Gasteiger partial charge on any atom is -0.352 e. The van der Waals surface area contributed by atoms with Crippen LogP contribution >= 0.6 is 0 Å². The van der Waals surface area contributed by atoms with E-state index in [1.54, 1.807) is 6.92 Å². The van der Waals surface area contributed by atoms with Crippen LogP contribution in [0.5, 0.6) is 0 Å². The average molecular weight is 317 g/mol. The van der Waals surface area contributed by atoms with Crippen molar-refractivity contribution in [3.05, 3.63) is 35.4 Å². The predicted octanol–water partition coefficient (Wildman–Crippen LogP) is 2.26.